The van der Waals surface area contributed by atoms with Gasteiger partial charge in [0.15, 0.2) is 0 Å². The van der Waals surface area contributed by atoms with E-state index in [1.54, 1.807) is 6.07 Å². The van der Waals surface area contributed by atoms with Gasteiger partial charge in [0.05, 0.1) is 0 Å². The summed E-state index contributed by atoms with van der Waals surface area (Å²) in [6.45, 7) is 10.6. The molecule has 0 saturated heterocycles. The Kier molecular flexibility index (Phi) is 5.25. The molecule has 0 aliphatic heterocycles. The van der Waals surface area contributed by atoms with Gasteiger partial charge in [-0.3, -0.25) is 4.79 Å². The number of para-hydroxylation sites is 1. The Labute approximate surface area is 155 Å². The SMILES string of the molecule is Cc1nc(Nc2c(C(C)C)cccc2C(C)C)cc(C(=O)NC2CC2)n1. The first kappa shape index (κ1) is 18.4. The number of amides is 1. The van der Waals surface area contributed by atoms with E-state index < -0.39 is 0 Å². The highest BCUT2D eigenvalue weighted by Gasteiger charge is 2.25. The Bertz CT molecular complexity index is 783. The average Bonchev–Trinajstić information content (AvgIpc) is 3.38. The maximum Gasteiger partial charge on any atom is 0.270 e. The van der Waals surface area contributed by atoms with Crippen molar-refractivity contribution in [1.82, 2.24) is 15.3 Å². The summed E-state index contributed by atoms with van der Waals surface area (Å²) >= 11 is 0. The number of nitrogens with zero attached hydrogens (tertiary/aromatic N) is 2. The fourth-order valence-electron chi connectivity index (χ4n) is 3.06. The smallest absolute Gasteiger partial charge is 0.270 e. The third-order valence-electron chi connectivity index (χ3n) is 4.61. The van der Waals surface area contributed by atoms with Gasteiger partial charge in [-0.25, -0.2) is 9.97 Å². The predicted molar refractivity (Wildman–Crippen MR) is 105 cm³/mol. The quantitative estimate of drug-likeness (QED) is 0.793. The molecule has 26 heavy (non-hydrogen) atoms. The number of anilines is 2. The molecule has 0 atom stereocenters. The van der Waals surface area contributed by atoms with Crippen LogP contribution in [0.25, 0.3) is 0 Å². The number of hydrogen-bond acceptors (Lipinski definition) is 4. The van der Waals surface area contributed by atoms with E-state index in [0.717, 1.165) is 18.5 Å². The number of hydrogen-bond donors (Lipinski definition) is 2. The van der Waals surface area contributed by atoms with Crippen molar-refractivity contribution in [2.75, 3.05) is 5.32 Å². The second kappa shape index (κ2) is 7.44. The average molecular weight is 352 g/mol. The first-order valence-electron chi connectivity index (χ1n) is 9.41. The second-order valence-corrected chi connectivity index (χ2v) is 7.68. The van der Waals surface area contributed by atoms with Crippen LogP contribution < -0.4 is 10.6 Å². The summed E-state index contributed by atoms with van der Waals surface area (Å²) in [6.07, 6.45) is 2.11. The van der Waals surface area contributed by atoms with Crippen molar-refractivity contribution in [2.24, 2.45) is 0 Å². The van der Waals surface area contributed by atoms with Crippen molar-refractivity contribution >= 4 is 17.4 Å². The third-order valence-corrected chi connectivity index (χ3v) is 4.61. The highest BCUT2D eigenvalue weighted by atomic mass is 16.2. The zero-order chi connectivity index (χ0) is 18.8. The largest absolute Gasteiger partial charge is 0.348 e. The molecule has 0 spiro atoms. The summed E-state index contributed by atoms with van der Waals surface area (Å²) in [5.74, 6) is 1.90. The lowest BCUT2D eigenvalue weighted by Crippen LogP contribution is -2.26. The number of carbonyl (C=O) groups is 1. The molecule has 5 nitrogen and oxygen atoms in total. The lowest BCUT2D eigenvalue weighted by molar-refractivity contribution is 0.0945. The maximum absolute atomic E-state index is 12.4. The van der Waals surface area contributed by atoms with Crippen LogP contribution in [-0.2, 0) is 0 Å². The van der Waals surface area contributed by atoms with Crippen molar-refractivity contribution in [2.45, 2.75) is 65.3 Å². The van der Waals surface area contributed by atoms with Gasteiger partial charge in [-0.1, -0.05) is 45.9 Å². The molecule has 2 aromatic rings. The highest BCUT2D eigenvalue weighted by Crippen LogP contribution is 2.34. The molecule has 1 saturated carbocycles. The van der Waals surface area contributed by atoms with Gasteiger partial charge in [0.1, 0.15) is 17.3 Å². The van der Waals surface area contributed by atoms with Gasteiger partial charge >= 0.3 is 0 Å². The van der Waals surface area contributed by atoms with E-state index in [0.29, 0.717) is 35.2 Å². The van der Waals surface area contributed by atoms with Gasteiger partial charge in [-0.2, -0.15) is 0 Å². The van der Waals surface area contributed by atoms with Crippen LogP contribution in [0.4, 0.5) is 11.5 Å². The zero-order valence-electron chi connectivity index (χ0n) is 16.3. The Morgan fingerprint density at radius 3 is 2.23 bits per heavy atom. The Balaban J connectivity index is 1.95. The molecular weight excluding hydrogens is 324 g/mol. The number of nitrogens with one attached hydrogen (secondary N) is 2. The number of aryl methyl sites for hydroxylation is 1. The molecule has 1 aliphatic rings. The molecule has 0 radical (unpaired) electrons. The second-order valence-electron chi connectivity index (χ2n) is 7.68. The van der Waals surface area contributed by atoms with Gasteiger partial charge < -0.3 is 10.6 Å². The topological polar surface area (TPSA) is 66.9 Å². The highest BCUT2D eigenvalue weighted by molar-refractivity contribution is 5.93. The fraction of sp³-hybridized carbons (Fsp3) is 0.476. The van der Waals surface area contributed by atoms with Gasteiger partial charge in [-0.15, -0.1) is 0 Å². The summed E-state index contributed by atoms with van der Waals surface area (Å²) in [5, 5.41) is 6.47. The van der Waals surface area contributed by atoms with Crippen molar-refractivity contribution in [3.05, 3.63) is 46.9 Å². The molecule has 1 aromatic carbocycles. The van der Waals surface area contributed by atoms with Crippen LogP contribution in [0.15, 0.2) is 24.3 Å². The van der Waals surface area contributed by atoms with E-state index in [1.807, 2.05) is 6.92 Å². The molecule has 0 unspecified atom stereocenters. The zero-order valence-corrected chi connectivity index (χ0v) is 16.3. The minimum Gasteiger partial charge on any atom is -0.348 e. The molecule has 1 fully saturated rings. The van der Waals surface area contributed by atoms with E-state index in [9.17, 15) is 4.79 Å². The lowest BCUT2D eigenvalue weighted by Gasteiger charge is -2.21. The summed E-state index contributed by atoms with van der Waals surface area (Å²) in [5.41, 5.74) is 4.00. The standard InChI is InChI=1S/C21H28N4O/c1-12(2)16-7-6-8-17(13(3)4)20(16)25-19-11-18(22-14(5)23-19)21(26)24-15-9-10-15/h6-8,11-13,15H,9-10H2,1-5H3,(H,24,26)(H,22,23,25). The van der Waals surface area contributed by atoms with E-state index in [1.165, 1.54) is 11.1 Å². The van der Waals surface area contributed by atoms with E-state index in [2.05, 4.69) is 66.5 Å². The van der Waals surface area contributed by atoms with E-state index >= 15 is 0 Å². The van der Waals surface area contributed by atoms with Crippen LogP contribution in [0.1, 0.15) is 79.8 Å². The summed E-state index contributed by atoms with van der Waals surface area (Å²) in [4.78, 5) is 21.2. The molecule has 3 rings (SSSR count). The maximum atomic E-state index is 12.4. The van der Waals surface area contributed by atoms with Gasteiger partial charge in [0.25, 0.3) is 5.91 Å². The predicted octanol–water partition coefficient (Wildman–Crippen LogP) is 4.67. The minimum atomic E-state index is -0.123. The van der Waals surface area contributed by atoms with Crippen LogP contribution in [0.3, 0.4) is 0 Å². The van der Waals surface area contributed by atoms with Gasteiger partial charge in [-0.05, 0) is 42.7 Å². The van der Waals surface area contributed by atoms with Crippen LogP contribution in [-0.4, -0.2) is 21.9 Å². The first-order valence-corrected chi connectivity index (χ1v) is 9.41. The molecule has 5 heteroatoms. The fourth-order valence-corrected chi connectivity index (χ4v) is 3.06. The normalized spacial score (nSPS) is 14.0. The molecule has 1 amide bonds. The first-order chi connectivity index (χ1) is 12.3. The van der Waals surface area contributed by atoms with Crippen LogP contribution in [0, 0.1) is 6.92 Å². The summed E-state index contributed by atoms with van der Waals surface area (Å²) in [7, 11) is 0. The van der Waals surface area contributed by atoms with E-state index in [-0.39, 0.29) is 5.91 Å². The third kappa shape index (κ3) is 4.21. The Morgan fingerprint density at radius 1 is 1.08 bits per heavy atom. The van der Waals surface area contributed by atoms with Gasteiger partial charge in [0, 0.05) is 17.8 Å². The van der Waals surface area contributed by atoms with Crippen LogP contribution >= 0.6 is 0 Å². The molecule has 1 aliphatic carbocycles. The molecule has 1 heterocycles. The molecular formula is C21H28N4O. The van der Waals surface area contributed by atoms with Crippen molar-refractivity contribution in [3.8, 4) is 0 Å². The Morgan fingerprint density at radius 2 is 1.69 bits per heavy atom. The lowest BCUT2D eigenvalue weighted by atomic mass is 9.92. The molecule has 138 valence electrons. The van der Waals surface area contributed by atoms with Gasteiger partial charge in [0.2, 0.25) is 0 Å². The minimum absolute atomic E-state index is 0.123. The summed E-state index contributed by atoms with van der Waals surface area (Å²) < 4.78 is 0. The van der Waals surface area contributed by atoms with Crippen LogP contribution in [0.5, 0.6) is 0 Å². The molecule has 0 bridgehead atoms. The van der Waals surface area contributed by atoms with Crippen molar-refractivity contribution in [1.29, 1.82) is 0 Å². The number of rotatable bonds is 6. The molecule has 1 aromatic heterocycles. The number of benzene rings is 1. The monoisotopic (exact) mass is 352 g/mol. The van der Waals surface area contributed by atoms with E-state index in [4.69, 9.17) is 0 Å². The Hall–Kier alpha value is -2.43. The summed E-state index contributed by atoms with van der Waals surface area (Å²) in [6, 6.07) is 8.45. The van der Waals surface area contributed by atoms with Crippen molar-refractivity contribution in [3.63, 3.8) is 0 Å². The molecule has 2 N–H and O–H groups in total. The number of aromatic nitrogens is 2. The van der Waals surface area contributed by atoms with Crippen molar-refractivity contribution < 1.29 is 4.79 Å². The number of carbonyl (C=O) groups excluding carboxylic acids is 1. The van der Waals surface area contributed by atoms with Crippen LogP contribution in [0.2, 0.25) is 0 Å².